The van der Waals surface area contributed by atoms with E-state index in [4.69, 9.17) is 0 Å². The highest BCUT2D eigenvalue weighted by Crippen LogP contribution is 2.31. The van der Waals surface area contributed by atoms with E-state index in [2.05, 4.69) is 33.3 Å². The predicted molar refractivity (Wildman–Crippen MR) is 78.8 cm³/mol. The number of hydrogen-bond acceptors (Lipinski definition) is 3. The van der Waals surface area contributed by atoms with E-state index >= 15 is 0 Å². The number of nitrogens with one attached hydrogen (secondary N) is 1. The van der Waals surface area contributed by atoms with Gasteiger partial charge in [0.05, 0.1) is 0 Å². The lowest BCUT2D eigenvalue weighted by molar-refractivity contribution is -0.129. The van der Waals surface area contributed by atoms with Crippen LogP contribution in [0.3, 0.4) is 0 Å². The van der Waals surface area contributed by atoms with Crippen molar-refractivity contribution in [2.24, 2.45) is 0 Å². The lowest BCUT2D eigenvalue weighted by Crippen LogP contribution is -2.51. The van der Waals surface area contributed by atoms with E-state index in [0.717, 1.165) is 52.0 Å². The summed E-state index contributed by atoms with van der Waals surface area (Å²) >= 11 is 0. The maximum atomic E-state index is 11.8. The van der Waals surface area contributed by atoms with Crippen molar-refractivity contribution in [2.75, 3.05) is 31.1 Å². The van der Waals surface area contributed by atoms with Crippen LogP contribution in [0, 0.1) is 0 Å². The van der Waals surface area contributed by atoms with Crippen LogP contribution in [0.5, 0.6) is 0 Å². The Kier molecular flexibility index (Phi) is 2.91. The normalized spacial score (nSPS) is 25.6. The lowest BCUT2D eigenvalue weighted by Gasteiger charge is -2.40. The fraction of sp³-hybridized carbons (Fsp3) is 0.562. The van der Waals surface area contributed by atoms with Crippen LogP contribution in [0.15, 0.2) is 18.2 Å². The summed E-state index contributed by atoms with van der Waals surface area (Å²) in [6.45, 7) is 4.93. The average molecular weight is 271 g/mol. The average Bonchev–Trinajstić information content (AvgIpc) is 2.87. The van der Waals surface area contributed by atoms with Crippen molar-refractivity contribution < 1.29 is 4.79 Å². The van der Waals surface area contributed by atoms with Gasteiger partial charge in [-0.15, -0.1) is 0 Å². The summed E-state index contributed by atoms with van der Waals surface area (Å²) in [4.78, 5) is 16.4. The summed E-state index contributed by atoms with van der Waals surface area (Å²) in [6, 6.07) is 7.13. The van der Waals surface area contributed by atoms with Crippen molar-refractivity contribution in [3.63, 3.8) is 0 Å². The molecule has 1 amide bonds. The molecule has 2 saturated heterocycles. The van der Waals surface area contributed by atoms with E-state index in [1.54, 1.807) is 0 Å². The quantitative estimate of drug-likeness (QED) is 0.832. The Labute approximate surface area is 119 Å². The molecule has 2 fully saturated rings. The Morgan fingerprint density at radius 1 is 1.20 bits per heavy atom. The molecule has 0 bridgehead atoms. The molecular formula is C16H21N3O. The SMILES string of the molecule is O=C1CCC2CN(c3cccc4c3CNCC4)CCN12. The van der Waals surface area contributed by atoms with Crippen molar-refractivity contribution in [3.8, 4) is 0 Å². The third kappa shape index (κ3) is 1.90. The first kappa shape index (κ1) is 12.2. The van der Waals surface area contributed by atoms with Gasteiger partial charge in [0.25, 0.3) is 0 Å². The van der Waals surface area contributed by atoms with Crippen LogP contribution in [0.2, 0.25) is 0 Å². The number of benzene rings is 1. The number of nitrogens with zero attached hydrogens (tertiary/aromatic N) is 2. The van der Waals surface area contributed by atoms with Gasteiger partial charge >= 0.3 is 0 Å². The lowest BCUT2D eigenvalue weighted by atomic mass is 9.98. The molecule has 4 nitrogen and oxygen atoms in total. The summed E-state index contributed by atoms with van der Waals surface area (Å²) in [5, 5.41) is 3.48. The molecule has 0 aromatic heterocycles. The smallest absolute Gasteiger partial charge is 0.223 e. The number of anilines is 1. The van der Waals surface area contributed by atoms with Gasteiger partial charge in [0.2, 0.25) is 5.91 Å². The van der Waals surface area contributed by atoms with E-state index in [1.807, 2.05) is 0 Å². The molecule has 0 aliphatic carbocycles. The van der Waals surface area contributed by atoms with Gasteiger partial charge in [-0.1, -0.05) is 12.1 Å². The molecule has 106 valence electrons. The Morgan fingerprint density at radius 3 is 3.10 bits per heavy atom. The van der Waals surface area contributed by atoms with Crippen LogP contribution in [0.4, 0.5) is 5.69 Å². The first-order valence-electron chi connectivity index (χ1n) is 7.69. The zero-order chi connectivity index (χ0) is 13.5. The Balaban J connectivity index is 1.61. The first-order chi connectivity index (χ1) is 9.83. The second kappa shape index (κ2) is 4.77. The summed E-state index contributed by atoms with van der Waals surface area (Å²) in [6.07, 6.45) is 2.90. The molecule has 1 N–H and O–H groups in total. The zero-order valence-electron chi connectivity index (χ0n) is 11.8. The van der Waals surface area contributed by atoms with Crippen LogP contribution in [0.25, 0.3) is 0 Å². The molecule has 1 aromatic rings. The first-order valence-corrected chi connectivity index (χ1v) is 7.69. The van der Waals surface area contributed by atoms with Crippen molar-refractivity contribution in [3.05, 3.63) is 29.3 Å². The second-order valence-electron chi connectivity index (χ2n) is 6.07. The molecule has 3 aliphatic heterocycles. The maximum absolute atomic E-state index is 11.8. The topological polar surface area (TPSA) is 35.6 Å². The van der Waals surface area contributed by atoms with Crippen molar-refractivity contribution in [2.45, 2.75) is 31.8 Å². The molecule has 0 spiro atoms. The van der Waals surface area contributed by atoms with Gasteiger partial charge in [0.15, 0.2) is 0 Å². The number of piperazine rings is 1. The van der Waals surface area contributed by atoms with E-state index < -0.39 is 0 Å². The number of amides is 1. The molecule has 1 unspecified atom stereocenters. The molecule has 0 saturated carbocycles. The van der Waals surface area contributed by atoms with Crippen LogP contribution in [-0.2, 0) is 17.8 Å². The number of carbonyl (C=O) groups is 1. The van der Waals surface area contributed by atoms with Gasteiger partial charge < -0.3 is 15.1 Å². The largest absolute Gasteiger partial charge is 0.367 e. The fourth-order valence-corrected chi connectivity index (χ4v) is 3.88. The van der Waals surface area contributed by atoms with Crippen LogP contribution in [-0.4, -0.2) is 43.0 Å². The molecule has 1 atom stereocenters. The Hall–Kier alpha value is -1.55. The van der Waals surface area contributed by atoms with E-state index in [-0.39, 0.29) is 0 Å². The van der Waals surface area contributed by atoms with Gasteiger partial charge in [-0.25, -0.2) is 0 Å². The molecule has 4 rings (SSSR count). The standard InChI is InChI=1S/C16H21N3O/c20-16-5-4-13-11-18(8-9-19(13)16)15-3-1-2-12-6-7-17-10-14(12)15/h1-3,13,17H,4-11H2. The van der Waals surface area contributed by atoms with Gasteiger partial charge in [-0.2, -0.15) is 0 Å². The summed E-state index contributed by atoms with van der Waals surface area (Å²) in [5.74, 6) is 0.353. The van der Waals surface area contributed by atoms with Crippen molar-refractivity contribution in [1.29, 1.82) is 0 Å². The highest BCUT2D eigenvalue weighted by Gasteiger charge is 2.36. The monoisotopic (exact) mass is 271 g/mol. The molecule has 20 heavy (non-hydrogen) atoms. The third-order valence-electron chi connectivity index (χ3n) is 4.96. The van der Waals surface area contributed by atoms with Crippen LogP contribution < -0.4 is 10.2 Å². The molecule has 3 aliphatic rings. The summed E-state index contributed by atoms with van der Waals surface area (Å²) < 4.78 is 0. The molecule has 0 radical (unpaired) electrons. The third-order valence-corrected chi connectivity index (χ3v) is 4.96. The number of fused-ring (bicyclic) bond motifs is 2. The van der Waals surface area contributed by atoms with Crippen molar-refractivity contribution >= 4 is 11.6 Å². The van der Waals surface area contributed by atoms with Gasteiger partial charge in [0.1, 0.15) is 0 Å². The zero-order valence-corrected chi connectivity index (χ0v) is 11.8. The van der Waals surface area contributed by atoms with Crippen LogP contribution >= 0.6 is 0 Å². The van der Waals surface area contributed by atoms with Crippen molar-refractivity contribution in [1.82, 2.24) is 10.2 Å². The molecule has 4 heteroatoms. The van der Waals surface area contributed by atoms with Gasteiger partial charge in [-0.05, 0) is 36.6 Å². The summed E-state index contributed by atoms with van der Waals surface area (Å²) in [7, 11) is 0. The van der Waals surface area contributed by atoms with Gasteiger partial charge in [-0.3, -0.25) is 4.79 Å². The molecule has 1 aromatic carbocycles. The predicted octanol–water partition coefficient (Wildman–Crippen LogP) is 1.14. The summed E-state index contributed by atoms with van der Waals surface area (Å²) in [5.41, 5.74) is 4.34. The minimum atomic E-state index is 0.353. The second-order valence-corrected chi connectivity index (χ2v) is 6.07. The number of hydrogen-bond donors (Lipinski definition) is 1. The minimum absolute atomic E-state index is 0.353. The highest BCUT2D eigenvalue weighted by atomic mass is 16.2. The van der Waals surface area contributed by atoms with E-state index in [1.165, 1.54) is 16.8 Å². The molecular weight excluding hydrogens is 250 g/mol. The van der Waals surface area contributed by atoms with E-state index in [0.29, 0.717) is 11.9 Å². The fourth-order valence-electron chi connectivity index (χ4n) is 3.88. The van der Waals surface area contributed by atoms with Gasteiger partial charge in [0, 0.05) is 44.3 Å². The number of carbonyl (C=O) groups excluding carboxylic acids is 1. The molecule has 3 heterocycles. The highest BCUT2D eigenvalue weighted by molar-refractivity contribution is 5.79. The van der Waals surface area contributed by atoms with Crippen LogP contribution in [0.1, 0.15) is 24.0 Å². The van der Waals surface area contributed by atoms with E-state index in [9.17, 15) is 4.79 Å². The minimum Gasteiger partial charge on any atom is -0.367 e. The Morgan fingerprint density at radius 2 is 2.15 bits per heavy atom. The maximum Gasteiger partial charge on any atom is 0.223 e. The Bertz CT molecular complexity index is 543. The number of rotatable bonds is 1.